The molecule has 3 aliphatic rings. The molecule has 0 aromatic heterocycles. The summed E-state index contributed by atoms with van der Waals surface area (Å²) in [5.41, 5.74) is 0.136. The molecule has 1 spiro atoms. The molecule has 0 aromatic carbocycles. The Kier molecular flexibility index (Phi) is 7.62. The largest absolute Gasteiger partial charge is 0.357 e. The lowest BCUT2D eigenvalue weighted by Crippen LogP contribution is -2.51. The molecule has 0 aromatic rings. The lowest BCUT2D eigenvalue weighted by atomic mass is 9.79. The van der Waals surface area contributed by atoms with Crippen molar-refractivity contribution in [2.24, 2.45) is 16.3 Å². The van der Waals surface area contributed by atoms with Crippen LogP contribution < -0.4 is 10.6 Å². The van der Waals surface area contributed by atoms with E-state index < -0.39 is 0 Å². The third-order valence-electron chi connectivity index (χ3n) is 5.77. The average molecular weight is 448 g/mol. The highest BCUT2D eigenvalue weighted by atomic mass is 127. The third kappa shape index (κ3) is 4.99. The summed E-state index contributed by atoms with van der Waals surface area (Å²) in [6.07, 6.45) is 9.83. The molecule has 0 radical (unpaired) electrons. The van der Waals surface area contributed by atoms with Crippen LogP contribution >= 0.6 is 24.0 Å². The van der Waals surface area contributed by atoms with Gasteiger partial charge >= 0.3 is 0 Å². The molecule has 3 fully saturated rings. The molecule has 1 atom stereocenters. The molecule has 138 valence electrons. The van der Waals surface area contributed by atoms with Gasteiger partial charge in [-0.1, -0.05) is 25.7 Å². The second kappa shape index (κ2) is 9.25. The minimum absolute atomic E-state index is 0. The molecule has 2 saturated heterocycles. The second-order valence-corrected chi connectivity index (χ2v) is 7.65. The number of carbonyl (C=O) groups is 1. The van der Waals surface area contributed by atoms with E-state index in [-0.39, 0.29) is 35.3 Å². The fourth-order valence-electron chi connectivity index (χ4n) is 4.51. The molecule has 2 aliphatic heterocycles. The summed E-state index contributed by atoms with van der Waals surface area (Å²) in [5, 5.41) is 6.49. The normalized spacial score (nSPS) is 28.1. The number of carbonyl (C=O) groups excluding carboxylic acids is 1. The number of hydrogen-bond acceptors (Lipinski definition) is 2. The first kappa shape index (κ1) is 19.8. The van der Waals surface area contributed by atoms with Crippen LogP contribution in [0, 0.1) is 11.3 Å². The Labute approximate surface area is 163 Å². The number of rotatable bonds is 4. The lowest BCUT2D eigenvalue weighted by molar-refractivity contribution is -0.119. The molecule has 2 heterocycles. The summed E-state index contributed by atoms with van der Waals surface area (Å²) in [7, 11) is 0. The summed E-state index contributed by atoms with van der Waals surface area (Å²) in [4.78, 5) is 19.0. The fraction of sp³-hybridized carbons (Fsp3) is 0.889. The van der Waals surface area contributed by atoms with Crippen molar-refractivity contribution < 1.29 is 4.79 Å². The average Bonchev–Trinajstić information content (AvgIpc) is 3.17. The number of aliphatic imine (C=N–C) groups is 1. The van der Waals surface area contributed by atoms with E-state index in [1.807, 2.05) is 0 Å². The van der Waals surface area contributed by atoms with Crippen LogP contribution in [0.3, 0.4) is 0 Å². The third-order valence-corrected chi connectivity index (χ3v) is 5.77. The van der Waals surface area contributed by atoms with Gasteiger partial charge in [0.25, 0.3) is 0 Å². The van der Waals surface area contributed by atoms with E-state index in [9.17, 15) is 4.79 Å². The van der Waals surface area contributed by atoms with Crippen LogP contribution in [0.5, 0.6) is 0 Å². The van der Waals surface area contributed by atoms with E-state index in [0.717, 1.165) is 57.4 Å². The van der Waals surface area contributed by atoms with Gasteiger partial charge in [0.05, 0.1) is 0 Å². The second-order valence-electron chi connectivity index (χ2n) is 7.65. The van der Waals surface area contributed by atoms with Crippen LogP contribution in [0.2, 0.25) is 0 Å². The lowest BCUT2D eigenvalue weighted by Gasteiger charge is -2.40. The molecule has 1 aliphatic carbocycles. The van der Waals surface area contributed by atoms with Crippen LogP contribution in [-0.4, -0.2) is 49.5 Å². The molecule has 0 bridgehead atoms. The zero-order valence-electron chi connectivity index (χ0n) is 15.0. The molecule has 1 unspecified atom stereocenters. The van der Waals surface area contributed by atoms with Gasteiger partial charge in [0.1, 0.15) is 0 Å². The monoisotopic (exact) mass is 448 g/mol. The van der Waals surface area contributed by atoms with Crippen molar-refractivity contribution in [2.45, 2.75) is 58.3 Å². The van der Waals surface area contributed by atoms with Gasteiger partial charge in [0.15, 0.2) is 5.96 Å². The van der Waals surface area contributed by atoms with E-state index in [0.29, 0.717) is 6.42 Å². The zero-order chi connectivity index (χ0) is 16.1. The zero-order valence-corrected chi connectivity index (χ0v) is 17.3. The predicted octanol–water partition coefficient (Wildman–Crippen LogP) is 2.75. The van der Waals surface area contributed by atoms with E-state index >= 15 is 0 Å². The maximum atomic E-state index is 11.7. The number of hydrogen-bond donors (Lipinski definition) is 2. The van der Waals surface area contributed by atoms with E-state index in [1.54, 1.807) is 0 Å². The Bertz CT molecular complexity index is 450. The molecule has 1 saturated carbocycles. The predicted molar refractivity (Wildman–Crippen MR) is 109 cm³/mol. The Balaban J connectivity index is 0.00000208. The van der Waals surface area contributed by atoms with Crippen molar-refractivity contribution in [2.75, 3.05) is 32.7 Å². The Morgan fingerprint density at radius 2 is 2.17 bits per heavy atom. The van der Waals surface area contributed by atoms with Crippen LogP contribution in [0.15, 0.2) is 4.99 Å². The number of halogens is 1. The van der Waals surface area contributed by atoms with Gasteiger partial charge in [-0.15, -0.1) is 24.0 Å². The van der Waals surface area contributed by atoms with E-state index in [4.69, 9.17) is 4.99 Å². The van der Waals surface area contributed by atoms with Crippen LogP contribution in [0.25, 0.3) is 0 Å². The standard InChI is InChI=1S/C18H32N4O.HI/c1-2-19-17(20-10-8-15-6-3-4-7-15)22-11-5-9-18(14-22)12-16(23)21-13-18;/h15H,2-14H2,1H3,(H,19,20)(H,21,23);1H. The number of likely N-dealkylation sites (tertiary alicyclic amines) is 1. The molecule has 2 N–H and O–H groups in total. The smallest absolute Gasteiger partial charge is 0.220 e. The van der Waals surface area contributed by atoms with Gasteiger partial charge in [-0.25, -0.2) is 0 Å². The number of amides is 1. The number of nitrogens with one attached hydrogen (secondary N) is 2. The molecule has 3 rings (SSSR count). The van der Waals surface area contributed by atoms with Gasteiger partial charge in [-0.2, -0.15) is 0 Å². The number of guanidine groups is 1. The minimum Gasteiger partial charge on any atom is -0.357 e. The molecule has 5 nitrogen and oxygen atoms in total. The summed E-state index contributed by atoms with van der Waals surface area (Å²) in [6, 6.07) is 0. The fourth-order valence-corrected chi connectivity index (χ4v) is 4.51. The maximum Gasteiger partial charge on any atom is 0.220 e. The quantitative estimate of drug-likeness (QED) is 0.395. The highest BCUT2D eigenvalue weighted by Gasteiger charge is 2.42. The van der Waals surface area contributed by atoms with Crippen molar-refractivity contribution in [1.29, 1.82) is 0 Å². The number of nitrogens with zero attached hydrogens (tertiary/aromatic N) is 2. The van der Waals surface area contributed by atoms with Crippen LogP contribution in [0.4, 0.5) is 0 Å². The SMILES string of the molecule is CCNC(=NCCC1CCCC1)N1CCCC2(CNC(=O)C2)C1.I. The van der Waals surface area contributed by atoms with Gasteiger partial charge in [-0.05, 0) is 32.1 Å². The van der Waals surface area contributed by atoms with E-state index in [1.165, 1.54) is 32.1 Å². The van der Waals surface area contributed by atoms with Crippen LogP contribution in [0.1, 0.15) is 58.3 Å². The Hall–Kier alpha value is -0.530. The molecular formula is C18H33IN4O. The van der Waals surface area contributed by atoms with Crippen molar-refractivity contribution in [3.8, 4) is 0 Å². The first-order valence-corrected chi connectivity index (χ1v) is 9.51. The maximum absolute atomic E-state index is 11.7. The summed E-state index contributed by atoms with van der Waals surface area (Å²) in [6.45, 7) is 6.83. The summed E-state index contributed by atoms with van der Waals surface area (Å²) < 4.78 is 0. The summed E-state index contributed by atoms with van der Waals surface area (Å²) in [5.74, 6) is 2.17. The minimum atomic E-state index is 0. The van der Waals surface area contributed by atoms with Gasteiger partial charge in [-0.3, -0.25) is 9.79 Å². The molecular weight excluding hydrogens is 415 g/mol. The van der Waals surface area contributed by atoms with Gasteiger partial charge < -0.3 is 15.5 Å². The van der Waals surface area contributed by atoms with E-state index in [2.05, 4.69) is 22.5 Å². The first-order valence-electron chi connectivity index (χ1n) is 9.51. The first-order chi connectivity index (χ1) is 11.2. The van der Waals surface area contributed by atoms with Crippen LogP contribution in [-0.2, 0) is 4.79 Å². The topological polar surface area (TPSA) is 56.7 Å². The summed E-state index contributed by atoms with van der Waals surface area (Å²) >= 11 is 0. The van der Waals surface area contributed by atoms with Crippen molar-refractivity contribution in [3.05, 3.63) is 0 Å². The highest BCUT2D eigenvalue weighted by molar-refractivity contribution is 14.0. The Morgan fingerprint density at radius 3 is 2.83 bits per heavy atom. The molecule has 24 heavy (non-hydrogen) atoms. The highest BCUT2D eigenvalue weighted by Crippen LogP contribution is 2.36. The Morgan fingerprint density at radius 1 is 1.38 bits per heavy atom. The molecule has 6 heteroatoms. The van der Waals surface area contributed by atoms with Crippen molar-refractivity contribution >= 4 is 35.8 Å². The van der Waals surface area contributed by atoms with Gasteiger partial charge in [0.2, 0.25) is 5.91 Å². The van der Waals surface area contributed by atoms with Crippen molar-refractivity contribution in [1.82, 2.24) is 15.5 Å². The molecule has 1 amide bonds. The van der Waals surface area contributed by atoms with Gasteiger partial charge in [0, 0.05) is 44.6 Å². The van der Waals surface area contributed by atoms with Crippen molar-refractivity contribution in [3.63, 3.8) is 0 Å². The number of piperidine rings is 1.